The minimum Gasteiger partial charge on any atom is -0.497 e. The van der Waals surface area contributed by atoms with Gasteiger partial charge < -0.3 is 20.1 Å². The maximum atomic E-state index is 13.3. The summed E-state index contributed by atoms with van der Waals surface area (Å²) in [6.07, 6.45) is 6.51. The molecule has 2 aliphatic heterocycles. The van der Waals surface area contributed by atoms with Crippen molar-refractivity contribution in [3.63, 3.8) is 0 Å². The van der Waals surface area contributed by atoms with Crippen LogP contribution in [-0.2, 0) is 14.9 Å². The van der Waals surface area contributed by atoms with Crippen molar-refractivity contribution in [1.29, 1.82) is 0 Å². The highest BCUT2D eigenvalue weighted by Crippen LogP contribution is 2.44. The zero-order chi connectivity index (χ0) is 18.7. The van der Waals surface area contributed by atoms with Gasteiger partial charge in [0.2, 0.25) is 5.91 Å². The average molecular weight is 373 g/mol. The van der Waals surface area contributed by atoms with E-state index in [1.165, 1.54) is 24.8 Å². The highest BCUT2D eigenvalue weighted by Gasteiger charge is 2.50. The van der Waals surface area contributed by atoms with E-state index in [1.54, 1.807) is 7.11 Å². The van der Waals surface area contributed by atoms with E-state index in [-0.39, 0.29) is 16.7 Å². The number of carbonyl (C=O) groups excluding carboxylic acids is 1. The first-order valence-corrected chi connectivity index (χ1v) is 10.4. The van der Waals surface area contributed by atoms with Crippen LogP contribution in [0.25, 0.3) is 0 Å². The Balaban J connectivity index is 1.51. The van der Waals surface area contributed by atoms with Crippen molar-refractivity contribution >= 4 is 5.91 Å². The molecule has 0 radical (unpaired) electrons. The molecule has 1 saturated carbocycles. The molecule has 4 rings (SSSR count). The van der Waals surface area contributed by atoms with Gasteiger partial charge in [-0.25, -0.2) is 0 Å². The Morgan fingerprint density at radius 2 is 2.00 bits per heavy atom. The second-order valence-corrected chi connectivity index (χ2v) is 8.53. The molecule has 1 aliphatic carbocycles. The Kier molecular flexibility index (Phi) is 5.42. The lowest BCUT2D eigenvalue weighted by molar-refractivity contribution is -0.134. The Bertz CT molecular complexity index is 654. The van der Waals surface area contributed by atoms with Gasteiger partial charge in [-0.05, 0) is 55.8 Å². The van der Waals surface area contributed by atoms with Gasteiger partial charge in [0, 0.05) is 31.7 Å². The minimum atomic E-state index is -0.190. The number of fused-ring (bicyclic) bond motifs is 1. The first-order valence-electron chi connectivity index (χ1n) is 10.4. The van der Waals surface area contributed by atoms with Crippen LogP contribution in [0, 0.1) is 11.3 Å². The molecular formula is C22H32N2O3. The predicted molar refractivity (Wildman–Crippen MR) is 105 cm³/mol. The highest BCUT2D eigenvalue weighted by molar-refractivity contribution is 5.84. The number of carbonyl (C=O) groups is 1. The number of amides is 1. The summed E-state index contributed by atoms with van der Waals surface area (Å²) in [4.78, 5) is 13.3. The summed E-state index contributed by atoms with van der Waals surface area (Å²) in [5.41, 5.74) is 1.03. The quantitative estimate of drug-likeness (QED) is 0.834. The third kappa shape index (κ3) is 3.47. The van der Waals surface area contributed by atoms with Gasteiger partial charge >= 0.3 is 0 Å². The number of nitrogens with one attached hydrogen (secondary N) is 2. The largest absolute Gasteiger partial charge is 0.497 e. The number of hydrogen-bond acceptors (Lipinski definition) is 4. The first-order chi connectivity index (χ1) is 13.2. The maximum absolute atomic E-state index is 13.3. The van der Waals surface area contributed by atoms with E-state index in [0.29, 0.717) is 12.5 Å². The van der Waals surface area contributed by atoms with Crippen molar-refractivity contribution in [3.05, 3.63) is 29.8 Å². The lowest BCUT2D eigenvalue weighted by atomic mass is 9.67. The molecule has 2 atom stereocenters. The van der Waals surface area contributed by atoms with Gasteiger partial charge in [0.25, 0.3) is 0 Å². The topological polar surface area (TPSA) is 59.6 Å². The summed E-state index contributed by atoms with van der Waals surface area (Å²) >= 11 is 0. The smallest absolute Gasteiger partial charge is 0.227 e. The zero-order valence-corrected chi connectivity index (χ0v) is 16.4. The average Bonchev–Trinajstić information content (AvgIpc) is 3.18. The van der Waals surface area contributed by atoms with Crippen molar-refractivity contribution in [1.82, 2.24) is 10.6 Å². The van der Waals surface area contributed by atoms with Gasteiger partial charge in [-0.3, -0.25) is 4.79 Å². The van der Waals surface area contributed by atoms with Crippen molar-refractivity contribution < 1.29 is 14.3 Å². The fraction of sp³-hybridized carbons (Fsp3) is 0.682. The molecule has 2 heterocycles. The molecule has 27 heavy (non-hydrogen) atoms. The van der Waals surface area contributed by atoms with Gasteiger partial charge in [-0.2, -0.15) is 0 Å². The molecule has 1 aromatic carbocycles. The fourth-order valence-electron chi connectivity index (χ4n) is 5.39. The van der Waals surface area contributed by atoms with E-state index in [2.05, 4.69) is 22.8 Å². The maximum Gasteiger partial charge on any atom is 0.227 e. The van der Waals surface area contributed by atoms with E-state index in [0.717, 1.165) is 51.3 Å². The summed E-state index contributed by atoms with van der Waals surface area (Å²) in [5.74, 6) is 1.63. The van der Waals surface area contributed by atoms with E-state index in [4.69, 9.17) is 9.47 Å². The van der Waals surface area contributed by atoms with Crippen LogP contribution in [0.3, 0.4) is 0 Å². The Hall–Kier alpha value is -1.59. The second kappa shape index (κ2) is 7.80. The number of rotatable bonds is 5. The van der Waals surface area contributed by atoms with Crippen molar-refractivity contribution in [2.24, 2.45) is 11.3 Å². The summed E-state index contributed by atoms with van der Waals surface area (Å²) in [5, 5.41) is 6.87. The van der Waals surface area contributed by atoms with E-state index in [9.17, 15) is 4.79 Å². The van der Waals surface area contributed by atoms with E-state index in [1.807, 2.05) is 12.1 Å². The van der Waals surface area contributed by atoms with Crippen LogP contribution in [0.2, 0.25) is 0 Å². The van der Waals surface area contributed by atoms with Crippen LogP contribution in [0.15, 0.2) is 24.3 Å². The zero-order valence-electron chi connectivity index (χ0n) is 16.4. The van der Waals surface area contributed by atoms with Gasteiger partial charge in [0.05, 0.1) is 12.5 Å². The predicted octanol–water partition coefficient (Wildman–Crippen LogP) is 2.64. The highest BCUT2D eigenvalue weighted by atomic mass is 16.5. The lowest BCUT2D eigenvalue weighted by Gasteiger charge is -2.41. The molecule has 5 nitrogen and oxygen atoms in total. The molecule has 1 amide bonds. The molecule has 0 spiro atoms. The lowest BCUT2D eigenvalue weighted by Crippen LogP contribution is -2.52. The summed E-state index contributed by atoms with van der Waals surface area (Å²) in [7, 11) is 1.69. The van der Waals surface area contributed by atoms with Crippen LogP contribution in [0.5, 0.6) is 5.75 Å². The third-order valence-corrected chi connectivity index (χ3v) is 7.23. The standard InChI is InChI=1S/C22H32N2O3/c1-26-19-7-5-17(6-8-19)21(10-12-27-13-11-21)15-24-20(25)22-9-3-2-4-18(22)14-23-16-22/h5-8,18,23H,2-4,9-16H2,1H3,(H,24,25)/t18-,22+/m0/s1. The molecule has 5 heteroatoms. The summed E-state index contributed by atoms with van der Waals surface area (Å²) in [6.45, 7) is 4.01. The molecule has 3 aliphatic rings. The number of methoxy groups -OCH3 is 1. The summed E-state index contributed by atoms with van der Waals surface area (Å²) < 4.78 is 10.9. The monoisotopic (exact) mass is 372 g/mol. The van der Waals surface area contributed by atoms with Crippen molar-refractivity contribution in [2.75, 3.05) is 40.0 Å². The van der Waals surface area contributed by atoms with Gasteiger partial charge in [0.1, 0.15) is 5.75 Å². The minimum absolute atomic E-state index is 0.0486. The van der Waals surface area contributed by atoms with Crippen LogP contribution in [0.1, 0.15) is 44.1 Å². The molecule has 1 aromatic rings. The number of hydrogen-bond donors (Lipinski definition) is 2. The molecule has 0 aromatic heterocycles. The Labute approximate surface area is 162 Å². The fourth-order valence-corrected chi connectivity index (χ4v) is 5.39. The number of ether oxygens (including phenoxy) is 2. The van der Waals surface area contributed by atoms with Gasteiger partial charge in [-0.1, -0.05) is 25.0 Å². The van der Waals surface area contributed by atoms with Crippen molar-refractivity contribution in [3.8, 4) is 5.75 Å². The molecular weight excluding hydrogens is 340 g/mol. The molecule has 148 valence electrons. The van der Waals surface area contributed by atoms with Crippen LogP contribution in [-0.4, -0.2) is 45.9 Å². The first kappa shape index (κ1) is 18.8. The van der Waals surface area contributed by atoms with Crippen LogP contribution < -0.4 is 15.4 Å². The van der Waals surface area contributed by atoms with Gasteiger partial charge in [0.15, 0.2) is 0 Å². The molecule has 2 saturated heterocycles. The van der Waals surface area contributed by atoms with Gasteiger partial charge in [-0.15, -0.1) is 0 Å². The normalized spacial score (nSPS) is 29.7. The molecule has 2 N–H and O–H groups in total. The molecule has 0 unspecified atom stereocenters. The third-order valence-electron chi connectivity index (χ3n) is 7.23. The SMILES string of the molecule is COc1ccc(C2(CNC(=O)[C@@]34CCCC[C@H]3CNC4)CCOCC2)cc1. The van der Waals surface area contributed by atoms with E-state index < -0.39 is 0 Å². The summed E-state index contributed by atoms with van der Waals surface area (Å²) in [6, 6.07) is 8.33. The van der Waals surface area contributed by atoms with Crippen molar-refractivity contribution in [2.45, 2.75) is 43.9 Å². The van der Waals surface area contributed by atoms with Crippen LogP contribution >= 0.6 is 0 Å². The second-order valence-electron chi connectivity index (χ2n) is 8.53. The van der Waals surface area contributed by atoms with Crippen LogP contribution in [0.4, 0.5) is 0 Å². The van der Waals surface area contributed by atoms with E-state index >= 15 is 0 Å². The Morgan fingerprint density at radius 1 is 1.22 bits per heavy atom. The molecule has 3 fully saturated rings. The molecule has 0 bridgehead atoms. The Morgan fingerprint density at radius 3 is 2.74 bits per heavy atom. The number of benzene rings is 1.